The van der Waals surface area contributed by atoms with Crippen LogP contribution in [0.1, 0.15) is 6.92 Å². The van der Waals surface area contributed by atoms with E-state index in [-0.39, 0.29) is 0 Å². The second-order valence-corrected chi connectivity index (χ2v) is 5.39. The maximum absolute atomic E-state index is 10.9. The fraction of sp³-hybridized carbons (Fsp3) is 0.154. The van der Waals surface area contributed by atoms with E-state index in [1.165, 1.54) is 11.8 Å². The Hall–Kier alpha value is -2.28. The molecular formula is C13H14N4O2S. The summed E-state index contributed by atoms with van der Waals surface area (Å²) in [5.74, 6) is -0.255. The number of thioether (sulfide) groups is 1. The Morgan fingerprint density at radius 3 is 2.85 bits per heavy atom. The van der Waals surface area contributed by atoms with Crippen molar-refractivity contribution in [2.24, 2.45) is 0 Å². The Bertz CT molecular complexity index is 604. The van der Waals surface area contributed by atoms with Gasteiger partial charge in [0.1, 0.15) is 16.1 Å². The molecule has 2 heterocycles. The second kappa shape index (κ2) is 6.25. The van der Waals surface area contributed by atoms with Gasteiger partial charge in [-0.25, -0.2) is 9.97 Å². The molecule has 4 N–H and O–H groups in total. The Kier molecular flexibility index (Phi) is 4.41. The summed E-state index contributed by atoms with van der Waals surface area (Å²) in [6.07, 6.45) is 3.17. The number of aromatic nitrogens is 2. The van der Waals surface area contributed by atoms with E-state index >= 15 is 0 Å². The molecule has 0 aromatic carbocycles. The summed E-state index contributed by atoms with van der Waals surface area (Å²) in [6, 6.07) is 7.08. The van der Waals surface area contributed by atoms with E-state index in [2.05, 4.69) is 15.3 Å². The summed E-state index contributed by atoms with van der Waals surface area (Å²) in [5, 5.41) is 12.1. The lowest BCUT2D eigenvalue weighted by Gasteiger charge is -2.11. The number of nitrogens with one attached hydrogen (secondary N) is 1. The summed E-state index contributed by atoms with van der Waals surface area (Å²) in [4.78, 5) is 19.3. The van der Waals surface area contributed by atoms with E-state index < -0.39 is 11.2 Å². The minimum absolute atomic E-state index is 0.579. The highest BCUT2D eigenvalue weighted by Crippen LogP contribution is 2.30. The molecule has 2 rings (SSSR count). The van der Waals surface area contributed by atoms with Gasteiger partial charge in [0, 0.05) is 6.20 Å². The molecular weight excluding hydrogens is 276 g/mol. The van der Waals surface area contributed by atoms with Gasteiger partial charge in [-0.05, 0) is 31.2 Å². The molecule has 20 heavy (non-hydrogen) atoms. The Morgan fingerprint density at radius 2 is 2.20 bits per heavy atom. The predicted octanol–water partition coefficient (Wildman–Crippen LogP) is 2.37. The molecule has 0 aliphatic carbocycles. The molecule has 6 nitrogen and oxygen atoms in total. The van der Waals surface area contributed by atoms with Gasteiger partial charge < -0.3 is 16.2 Å². The molecule has 7 heteroatoms. The zero-order chi connectivity index (χ0) is 14.5. The highest BCUT2D eigenvalue weighted by molar-refractivity contribution is 8.00. The third kappa shape index (κ3) is 3.61. The average Bonchev–Trinajstić information content (AvgIpc) is 2.43. The first-order valence-corrected chi connectivity index (χ1v) is 6.77. The monoisotopic (exact) mass is 290 g/mol. The molecule has 0 aliphatic heterocycles. The normalized spacial score (nSPS) is 11.8. The van der Waals surface area contributed by atoms with Crippen LogP contribution in [0.4, 0.5) is 17.2 Å². The van der Waals surface area contributed by atoms with Crippen LogP contribution in [0.25, 0.3) is 0 Å². The number of nitrogens with two attached hydrogens (primary N) is 1. The quantitative estimate of drug-likeness (QED) is 0.726. The summed E-state index contributed by atoms with van der Waals surface area (Å²) < 4.78 is 0. The number of nitrogens with zero attached hydrogens (tertiary/aromatic N) is 2. The SMILES string of the molecule is C[C@@H](Sc1ncccc1Nc1ccc(N)cn1)C(=O)O. The first-order chi connectivity index (χ1) is 9.56. The van der Waals surface area contributed by atoms with Crippen molar-refractivity contribution in [1.82, 2.24) is 9.97 Å². The summed E-state index contributed by atoms with van der Waals surface area (Å²) in [6.45, 7) is 1.62. The van der Waals surface area contributed by atoms with Gasteiger partial charge in [-0.1, -0.05) is 11.8 Å². The number of carbonyl (C=O) groups is 1. The van der Waals surface area contributed by atoms with Crippen molar-refractivity contribution in [3.8, 4) is 0 Å². The number of aliphatic carboxylic acids is 1. The maximum Gasteiger partial charge on any atom is 0.316 e. The third-order valence-corrected chi connectivity index (χ3v) is 3.56. The first kappa shape index (κ1) is 14.1. The number of rotatable bonds is 5. The van der Waals surface area contributed by atoms with E-state index in [1.807, 2.05) is 6.07 Å². The fourth-order valence-electron chi connectivity index (χ4n) is 1.41. The summed E-state index contributed by atoms with van der Waals surface area (Å²) >= 11 is 1.18. The van der Waals surface area contributed by atoms with Gasteiger partial charge in [0.05, 0.1) is 17.6 Å². The van der Waals surface area contributed by atoms with Crippen LogP contribution in [0, 0.1) is 0 Å². The van der Waals surface area contributed by atoms with Crippen LogP contribution >= 0.6 is 11.8 Å². The zero-order valence-corrected chi connectivity index (χ0v) is 11.6. The van der Waals surface area contributed by atoms with E-state index in [9.17, 15) is 4.79 Å². The topological polar surface area (TPSA) is 101 Å². The Labute approximate surface area is 120 Å². The highest BCUT2D eigenvalue weighted by Gasteiger charge is 2.15. The van der Waals surface area contributed by atoms with Crippen LogP contribution in [-0.2, 0) is 4.79 Å². The van der Waals surface area contributed by atoms with Gasteiger partial charge in [-0.2, -0.15) is 0 Å². The molecule has 0 saturated carbocycles. The predicted molar refractivity (Wildman–Crippen MR) is 79.1 cm³/mol. The number of carboxylic acids is 1. The first-order valence-electron chi connectivity index (χ1n) is 5.89. The molecule has 0 saturated heterocycles. The average molecular weight is 290 g/mol. The molecule has 0 fully saturated rings. The van der Waals surface area contributed by atoms with Gasteiger partial charge in [0.25, 0.3) is 0 Å². The van der Waals surface area contributed by atoms with E-state index in [0.717, 1.165) is 0 Å². The van der Waals surface area contributed by atoms with Crippen LogP contribution in [-0.4, -0.2) is 26.3 Å². The van der Waals surface area contributed by atoms with E-state index in [1.54, 1.807) is 37.5 Å². The molecule has 0 radical (unpaired) electrons. The van der Waals surface area contributed by atoms with Crippen LogP contribution in [0.3, 0.4) is 0 Å². The molecule has 1 atom stereocenters. The molecule has 0 unspecified atom stereocenters. The van der Waals surface area contributed by atoms with Gasteiger partial charge in [0.2, 0.25) is 0 Å². The summed E-state index contributed by atoms with van der Waals surface area (Å²) in [7, 11) is 0. The van der Waals surface area contributed by atoms with Crippen molar-refractivity contribution in [2.45, 2.75) is 17.2 Å². The minimum Gasteiger partial charge on any atom is -0.480 e. The van der Waals surface area contributed by atoms with Crippen LogP contribution in [0.2, 0.25) is 0 Å². The summed E-state index contributed by atoms with van der Waals surface area (Å²) in [5.41, 5.74) is 6.87. The minimum atomic E-state index is -0.878. The molecule has 0 bridgehead atoms. The van der Waals surface area contributed by atoms with Crippen LogP contribution in [0.5, 0.6) is 0 Å². The Morgan fingerprint density at radius 1 is 1.40 bits per heavy atom. The molecule has 0 aliphatic rings. The number of hydrogen-bond donors (Lipinski definition) is 3. The second-order valence-electron chi connectivity index (χ2n) is 4.06. The van der Waals surface area contributed by atoms with Crippen LogP contribution in [0.15, 0.2) is 41.7 Å². The molecule has 0 amide bonds. The van der Waals surface area contributed by atoms with Gasteiger partial charge >= 0.3 is 5.97 Å². The maximum atomic E-state index is 10.9. The van der Waals surface area contributed by atoms with E-state index in [4.69, 9.17) is 10.8 Å². The number of nitrogen functional groups attached to an aromatic ring is 1. The highest BCUT2D eigenvalue weighted by atomic mass is 32.2. The van der Waals surface area contributed by atoms with E-state index in [0.29, 0.717) is 22.2 Å². The number of pyridine rings is 2. The number of carboxylic acid groups (broad SMARTS) is 1. The molecule has 0 spiro atoms. The van der Waals surface area contributed by atoms with Gasteiger partial charge in [0.15, 0.2) is 0 Å². The third-order valence-electron chi connectivity index (χ3n) is 2.46. The van der Waals surface area contributed by atoms with Gasteiger partial charge in [-0.3, -0.25) is 4.79 Å². The van der Waals surface area contributed by atoms with Gasteiger partial charge in [-0.15, -0.1) is 0 Å². The molecule has 2 aromatic rings. The van der Waals surface area contributed by atoms with Crippen molar-refractivity contribution >= 4 is 34.9 Å². The van der Waals surface area contributed by atoms with Crippen molar-refractivity contribution in [3.63, 3.8) is 0 Å². The van der Waals surface area contributed by atoms with Crippen molar-refractivity contribution in [3.05, 3.63) is 36.7 Å². The van der Waals surface area contributed by atoms with Crippen molar-refractivity contribution < 1.29 is 9.90 Å². The smallest absolute Gasteiger partial charge is 0.316 e. The van der Waals surface area contributed by atoms with Crippen LogP contribution < -0.4 is 11.1 Å². The zero-order valence-electron chi connectivity index (χ0n) is 10.8. The van der Waals surface area contributed by atoms with Crippen molar-refractivity contribution in [2.75, 3.05) is 11.1 Å². The number of anilines is 3. The largest absolute Gasteiger partial charge is 0.480 e. The number of hydrogen-bond acceptors (Lipinski definition) is 6. The standard InChI is InChI=1S/C13H14N4O2S/c1-8(13(18)19)20-12-10(3-2-6-15-12)17-11-5-4-9(14)7-16-11/h2-8H,14H2,1H3,(H,16,17)(H,18,19)/t8-/m1/s1. The Balaban J connectivity index is 2.19. The molecule has 2 aromatic heterocycles. The fourth-order valence-corrected chi connectivity index (χ4v) is 2.22. The van der Waals surface area contributed by atoms with Crippen molar-refractivity contribution in [1.29, 1.82) is 0 Å². The lowest BCUT2D eigenvalue weighted by atomic mass is 10.4. The lowest BCUT2D eigenvalue weighted by molar-refractivity contribution is -0.136. The molecule has 104 valence electrons. The lowest BCUT2D eigenvalue weighted by Crippen LogP contribution is -2.12.